The highest BCUT2D eigenvalue weighted by Gasteiger charge is 2.35. The van der Waals surface area contributed by atoms with Crippen molar-refractivity contribution in [1.29, 1.82) is 0 Å². The van der Waals surface area contributed by atoms with Crippen LogP contribution in [0.5, 0.6) is 11.5 Å². The molecule has 0 spiro atoms. The van der Waals surface area contributed by atoms with Crippen LogP contribution >= 0.6 is 11.8 Å². The van der Waals surface area contributed by atoms with Crippen LogP contribution in [0.25, 0.3) is 6.08 Å². The number of anilines is 1. The number of hydrogen-bond acceptors (Lipinski definition) is 8. The highest BCUT2D eigenvalue weighted by atomic mass is 32.2. The summed E-state index contributed by atoms with van der Waals surface area (Å²) in [5.41, 5.74) is 2.90. The summed E-state index contributed by atoms with van der Waals surface area (Å²) in [5, 5.41) is 2.20. The molecule has 0 aliphatic carbocycles. The number of carbonyl (C=O) groups excluding carboxylic acids is 3. The molecule has 3 aromatic rings. The number of rotatable bonds is 9. The number of carbonyl (C=O) groups is 3. The lowest BCUT2D eigenvalue weighted by Gasteiger charge is -2.13. The van der Waals surface area contributed by atoms with Gasteiger partial charge in [0.05, 0.1) is 18.1 Å². The Morgan fingerprint density at radius 2 is 1.69 bits per heavy atom. The SMILES string of the molecule is CCOc1cc(/C=C2\SC(=O)N(Cc3ccc(C)cc3)C2=O)ccc1OS(=O)(=O)c1ccc(NC(C)=O)cc1. The first-order chi connectivity index (χ1) is 18.6. The zero-order valence-corrected chi connectivity index (χ0v) is 23.1. The molecule has 3 amide bonds. The Hall–Kier alpha value is -4.09. The molecule has 39 heavy (non-hydrogen) atoms. The molecule has 0 radical (unpaired) electrons. The molecule has 9 nitrogen and oxygen atoms in total. The number of benzene rings is 3. The molecule has 1 aliphatic heterocycles. The second-order valence-electron chi connectivity index (χ2n) is 8.64. The summed E-state index contributed by atoms with van der Waals surface area (Å²) < 4.78 is 36.7. The molecule has 1 fully saturated rings. The van der Waals surface area contributed by atoms with E-state index in [0.29, 0.717) is 11.3 Å². The van der Waals surface area contributed by atoms with Crippen molar-refractivity contribution in [3.63, 3.8) is 0 Å². The summed E-state index contributed by atoms with van der Waals surface area (Å²) in [5.74, 6) is -0.565. The Kier molecular flexibility index (Phi) is 8.41. The van der Waals surface area contributed by atoms with Crippen LogP contribution in [0.3, 0.4) is 0 Å². The van der Waals surface area contributed by atoms with E-state index in [1.807, 2.05) is 31.2 Å². The number of nitrogens with zero attached hydrogens (tertiary/aromatic N) is 1. The van der Waals surface area contributed by atoms with Gasteiger partial charge in [-0.15, -0.1) is 0 Å². The van der Waals surface area contributed by atoms with Crippen LogP contribution in [0.15, 0.2) is 76.5 Å². The zero-order valence-electron chi connectivity index (χ0n) is 21.5. The smallest absolute Gasteiger partial charge is 0.339 e. The quantitative estimate of drug-likeness (QED) is 0.272. The van der Waals surface area contributed by atoms with Gasteiger partial charge in [0.15, 0.2) is 11.5 Å². The minimum atomic E-state index is -4.21. The van der Waals surface area contributed by atoms with Crippen LogP contribution < -0.4 is 14.2 Å². The van der Waals surface area contributed by atoms with Crippen LogP contribution in [0.4, 0.5) is 10.5 Å². The first-order valence-electron chi connectivity index (χ1n) is 12.0. The minimum absolute atomic E-state index is 0.0348. The number of imide groups is 1. The lowest BCUT2D eigenvalue weighted by Crippen LogP contribution is -2.27. The number of nitrogens with one attached hydrogen (secondary N) is 1. The fourth-order valence-corrected chi connectivity index (χ4v) is 5.47. The van der Waals surface area contributed by atoms with Gasteiger partial charge in [-0.1, -0.05) is 35.9 Å². The van der Waals surface area contributed by atoms with Gasteiger partial charge >= 0.3 is 10.1 Å². The second kappa shape index (κ2) is 11.7. The van der Waals surface area contributed by atoms with Crippen molar-refractivity contribution >= 4 is 50.7 Å². The minimum Gasteiger partial charge on any atom is -0.490 e. The van der Waals surface area contributed by atoms with E-state index in [1.54, 1.807) is 25.1 Å². The fourth-order valence-electron chi connectivity index (χ4n) is 3.69. The Labute approximate surface area is 230 Å². The van der Waals surface area contributed by atoms with E-state index in [2.05, 4.69) is 5.32 Å². The average Bonchev–Trinajstić information content (AvgIpc) is 3.14. The number of aryl methyl sites for hydroxylation is 1. The maximum atomic E-state index is 13.0. The van der Waals surface area contributed by atoms with Gasteiger partial charge in [-0.05, 0) is 79.2 Å². The van der Waals surface area contributed by atoms with Crippen molar-refractivity contribution in [1.82, 2.24) is 4.90 Å². The molecule has 0 atom stereocenters. The van der Waals surface area contributed by atoms with E-state index < -0.39 is 16.0 Å². The van der Waals surface area contributed by atoms with Crippen LogP contribution in [0.2, 0.25) is 0 Å². The van der Waals surface area contributed by atoms with Gasteiger partial charge in [-0.25, -0.2) is 0 Å². The summed E-state index contributed by atoms with van der Waals surface area (Å²) in [7, 11) is -4.21. The van der Waals surface area contributed by atoms with Crippen molar-refractivity contribution in [2.75, 3.05) is 11.9 Å². The first kappa shape index (κ1) is 27.9. The summed E-state index contributed by atoms with van der Waals surface area (Å²) in [6.07, 6.45) is 1.56. The van der Waals surface area contributed by atoms with Crippen molar-refractivity contribution < 1.29 is 31.7 Å². The molecule has 202 valence electrons. The van der Waals surface area contributed by atoms with Gasteiger partial charge in [0.1, 0.15) is 4.90 Å². The molecule has 11 heteroatoms. The van der Waals surface area contributed by atoms with Crippen LogP contribution in [0.1, 0.15) is 30.5 Å². The van der Waals surface area contributed by atoms with Gasteiger partial charge in [0.2, 0.25) is 5.91 Å². The summed E-state index contributed by atoms with van der Waals surface area (Å²) in [6, 6.07) is 17.7. The summed E-state index contributed by atoms with van der Waals surface area (Å²) in [4.78, 5) is 38.0. The number of amides is 3. The monoisotopic (exact) mass is 566 g/mol. The Bertz CT molecular complexity index is 1550. The van der Waals surface area contributed by atoms with Gasteiger partial charge in [-0.3, -0.25) is 19.3 Å². The standard InChI is InChI=1S/C28H26N2O7S2/c1-4-36-25-15-21(16-26-27(32)30(28(33)38-26)17-20-7-5-18(2)6-8-20)9-14-24(25)37-39(34,35)23-12-10-22(11-13-23)29-19(3)31/h5-16H,4,17H2,1-3H3,(H,29,31)/b26-16-. The van der Waals surface area contributed by atoms with E-state index in [1.165, 1.54) is 42.2 Å². The van der Waals surface area contributed by atoms with E-state index in [9.17, 15) is 22.8 Å². The number of ether oxygens (including phenoxy) is 1. The average molecular weight is 567 g/mol. The Morgan fingerprint density at radius 1 is 1.00 bits per heavy atom. The van der Waals surface area contributed by atoms with Gasteiger partial charge in [0, 0.05) is 12.6 Å². The van der Waals surface area contributed by atoms with E-state index in [-0.39, 0.29) is 45.6 Å². The second-order valence-corrected chi connectivity index (χ2v) is 11.2. The third-order valence-electron chi connectivity index (χ3n) is 5.56. The van der Waals surface area contributed by atoms with Crippen LogP contribution in [-0.4, -0.2) is 37.0 Å². The normalized spacial score (nSPS) is 14.5. The van der Waals surface area contributed by atoms with E-state index >= 15 is 0 Å². The molecular formula is C28H26N2O7S2. The summed E-state index contributed by atoms with van der Waals surface area (Å²) >= 11 is 0.839. The molecule has 0 saturated carbocycles. The maximum Gasteiger partial charge on any atom is 0.339 e. The number of hydrogen-bond donors (Lipinski definition) is 1. The maximum absolute atomic E-state index is 13.0. The zero-order chi connectivity index (χ0) is 28.2. The highest BCUT2D eigenvalue weighted by Crippen LogP contribution is 2.36. The summed E-state index contributed by atoms with van der Waals surface area (Å²) in [6.45, 7) is 5.45. The topological polar surface area (TPSA) is 119 Å². The van der Waals surface area contributed by atoms with Crippen LogP contribution in [-0.2, 0) is 26.3 Å². The van der Waals surface area contributed by atoms with Crippen molar-refractivity contribution in [3.8, 4) is 11.5 Å². The van der Waals surface area contributed by atoms with Crippen molar-refractivity contribution in [2.45, 2.75) is 32.2 Å². The molecule has 0 unspecified atom stereocenters. The molecule has 4 rings (SSSR count). The molecule has 1 saturated heterocycles. The predicted octanol–water partition coefficient (Wildman–Crippen LogP) is 5.36. The highest BCUT2D eigenvalue weighted by molar-refractivity contribution is 8.18. The van der Waals surface area contributed by atoms with E-state index in [0.717, 1.165) is 22.9 Å². The van der Waals surface area contributed by atoms with Crippen LogP contribution in [0, 0.1) is 6.92 Å². The van der Waals surface area contributed by atoms with Gasteiger partial charge < -0.3 is 14.2 Å². The molecule has 3 aromatic carbocycles. The molecular weight excluding hydrogens is 540 g/mol. The van der Waals surface area contributed by atoms with Crippen molar-refractivity contribution in [2.24, 2.45) is 0 Å². The molecule has 1 N–H and O–H groups in total. The Balaban J connectivity index is 1.54. The number of thioether (sulfide) groups is 1. The lowest BCUT2D eigenvalue weighted by molar-refractivity contribution is -0.123. The van der Waals surface area contributed by atoms with Gasteiger partial charge in [-0.2, -0.15) is 8.42 Å². The molecule has 0 bridgehead atoms. The lowest BCUT2D eigenvalue weighted by atomic mass is 10.1. The first-order valence-corrected chi connectivity index (χ1v) is 14.2. The molecule has 1 heterocycles. The third-order valence-corrected chi connectivity index (χ3v) is 7.72. The largest absolute Gasteiger partial charge is 0.490 e. The van der Waals surface area contributed by atoms with E-state index in [4.69, 9.17) is 8.92 Å². The molecule has 1 aliphatic rings. The fraction of sp³-hybridized carbons (Fsp3) is 0.179. The van der Waals surface area contributed by atoms with Crippen molar-refractivity contribution in [3.05, 3.63) is 88.3 Å². The Morgan fingerprint density at radius 3 is 2.33 bits per heavy atom. The van der Waals surface area contributed by atoms with Gasteiger partial charge in [0.25, 0.3) is 11.1 Å². The predicted molar refractivity (Wildman–Crippen MR) is 149 cm³/mol. The third kappa shape index (κ3) is 6.87. The molecule has 0 aromatic heterocycles.